The Kier molecular flexibility index (Phi) is 3.23. The van der Waals surface area contributed by atoms with Crippen LogP contribution in [0, 0.1) is 15.9 Å². The Bertz CT molecular complexity index is 674. The monoisotopic (exact) mass is 265 g/mol. The molecule has 0 atom stereocenters. The molecule has 0 aliphatic heterocycles. The maximum atomic E-state index is 13.6. The number of benzene rings is 1. The molecular formula is C11H8FN3O4. The van der Waals surface area contributed by atoms with Crippen LogP contribution < -0.4 is 5.32 Å². The van der Waals surface area contributed by atoms with Crippen molar-refractivity contribution in [2.24, 2.45) is 0 Å². The van der Waals surface area contributed by atoms with E-state index in [2.05, 4.69) is 10.3 Å². The van der Waals surface area contributed by atoms with Gasteiger partial charge in [-0.15, -0.1) is 0 Å². The molecule has 98 valence electrons. The minimum Gasteiger partial charge on any atom is -0.480 e. The quantitative estimate of drug-likeness (QED) is 0.644. The average molecular weight is 265 g/mol. The minimum atomic E-state index is -1.15. The number of nitrogens with one attached hydrogen (secondary N) is 1. The predicted octanol–water partition coefficient (Wildman–Crippen LogP) is 1.78. The van der Waals surface area contributed by atoms with Gasteiger partial charge in [0.15, 0.2) is 0 Å². The van der Waals surface area contributed by atoms with Crippen LogP contribution in [0.4, 0.5) is 15.9 Å². The third kappa shape index (κ3) is 2.41. The van der Waals surface area contributed by atoms with Crippen LogP contribution >= 0.6 is 0 Å². The Morgan fingerprint density at radius 1 is 1.47 bits per heavy atom. The van der Waals surface area contributed by atoms with Crippen LogP contribution in [0.5, 0.6) is 0 Å². The summed E-state index contributed by atoms with van der Waals surface area (Å²) in [5.74, 6) is -1.83. The van der Waals surface area contributed by atoms with E-state index in [1.807, 2.05) is 0 Å². The summed E-state index contributed by atoms with van der Waals surface area (Å²) in [4.78, 5) is 24.6. The first-order chi connectivity index (χ1) is 9.00. The normalized spacial score (nSPS) is 10.4. The number of rotatable bonds is 4. The van der Waals surface area contributed by atoms with Crippen molar-refractivity contribution in [2.75, 3.05) is 11.9 Å². The van der Waals surface area contributed by atoms with Crippen LogP contribution in [-0.2, 0) is 4.79 Å². The number of nitro groups is 1. The molecule has 0 spiro atoms. The standard InChI is InChI=1S/C11H8FN3O4/c12-7-1-2-8(15(18)19)10-6(7)3-4-13-11(10)14-5-9(16)17/h1-4H,5H2,(H,13,14)(H,16,17). The van der Waals surface area contributed by atoms with E-state index in [1.54, 1.807) is 0 Å². The number of aliphatic carboxylic acids is 1. The molecule has 2 rings (SSSR count). The first-order valence-electron chi connectivity index (χ1n) is 5.18. The lowest BCUT2D eigenvalue weighted by Crippen LogP contribution is -2.13. The fourth-order valence-corrected chi connectivity index (χ4v) is 1.69. The van der Waals surface area contributed by atoms with Crippen LogP contribution in [0.1, 0.15) is 0 Å². The number of hydrogen-bond donors (Lipinski definition) is 2. The van der Waals surface area contributed by atoms with Gasteiger partial charge in [-0.1, -0.05) is 0 Å². The summed E-state index contributed by atoms with van der Waals surface area (Å²) >= 11 is 0. The SMILES string of the molecule is O=C(O)CNc1nccc2c(F)ccc([N+](=O)[O-])c12. The van der Waals surface area contributed by atoms with Crippen molar-refractivity contribution in [3.63, 3.8) is 0 Å². The number of carboxylic acids is 1. The van der Waals surface area contributed by atoms with Crippen molar-refractivity contribution in [2.45, 2.75) is 0 Å². The number of aromatic nitrogens is 1. The highest BCUT2D eigenvalue weighted by molar-refractivity contribution is 5.99. The first-order valence-corrected chi connectivity index (χ1v) is 5.18. The zero-order valence-corrected chi connectivity index (χ0v) is 9.46. The molecule has 1 aromatic heterocycles. The van der Waals surface area contributed by atoms with Crippen LogP contribution in [0.15, 0.2) is 24.4 Å². The van der Waals surface area contributed by atoms with Crippen molar-refractivity contribution in [3.05, 3.63) is 40.3 Å². The molecule has 0 amide bonds. The van der Waals surface area contributed by atoms with E-state index in [1.165, 1.54) is 12.3 Å². The number of nitro benzene ring substituents is 1. The lowest BCUT2D eigenvalue weighted by Gasteiger charge is -2.07. The van der Waals surface area contributed by atoms with Crippen LogP contribution in [-0.4, -0.2) is 27.5 Å². The Balaban J connectivity index is 2.66. The molecule has 0 saturated carbocycles. The highest BCUT2D eigenvalue weighted by atomic mass is 19.1. The number of fused-ring (bicyclic) bond motifs is 1. The molecule has 0 bridgehead atoms. The minimum absolute atomic E-state index is 0.0112. The van der Waals surface area contributed by atoms with Crippen molar-refractivity contribution in [3.8, 4) is 0 Å². The molecule has 0 saturated heterocycles. The number of nitrogens with zero attached hydrogens (tertiary/aromatic N) is 2. The van der Waals surface area contributed by atoms with Gasteiger partial charge < -0.3 is 10.4 Å². The molecule has 1 heterocycles. The molecule has 0 fully saturated rings. The second-order valence-electron chi connectivity index (χ2n) is 3.65. The largest absolute Gasteiger partial charge is 0.480 e. The number of anilines is 1. The summed E-state index contributed by atoms with van der Waals surface area (Å²) in [7, 11) is 0. The smallest absolute Gasteiger partial charge is 0.322 e. The van der Waals surface area contributed by atoms with E-state index in [0.717, 1.165) is 12.1 Å². The first kappa shape index (κ1) is 12.7. The fourth-order valence-electron chi connectivity index (χ4n) is 1.69. The summed E-state index contributed by atoms with van der Waals surface area (Å²) < 4.78 is 13.6. The van der Waals surface area contributed by atoms with Gasteiger partial charge in [-0.05, 0) is 12.1 Å². The molecule has 0 aliphatic carbocycles. The van der Waals surface area contributed by atoms with E-state index >= 15 is 0 Å². The Morgan fingerprint density at radius 2 is 2.21 bits per heavy atom. The van der Waals surface area contributed by atoms with Crippen molar-refractivity contribution < 1.29 is 19.2 Å². The van der Waals surface area contributed by atoms with Crippen LogP contribution in [0.2, 0.25) is 0 Å². The number of hydrogen-bond acceptors (Lipinski definition) is 5. The summed E-state index contributed by atoms with van der Waals surface area (Å²) in [6.45, 7) is -0.472. The third-order valence-corrected chi connectivity index (χ3v) is 2.46. The zero-order valence-electron chi connectivity index (χ0n) is 9.46. The number of carbonyl (C=O) groups is 1. The maximum Gasteiger partial charge on any atom is 0.322 e. The van der Waals surface area contributed by atoms with Crippen LogP contribution in [0.25, 0.3) is 10.8 Å². The van der Waals surface area contributed by atoms with Gasteiger partial charge in [0.05, 0.1) is 4.92 Å². The molecule has 2 aromatic rings. The van der Waals surface area contributed by atoms with Crippen molar-refractivity contribution in [1.82, 2.24) is 4.98 Å². The van der Waals surface area contributed by atoms with E-state index < -0.39 is 23.3 Å². The topological polar surface area (TPSA) is 105 Å². The number of halogens is 1. The number of carboxylic acid groups (broad SMARTS) is 1. The Morgan fingerprint density at radius 3 is 2.84 bits per heavy atom. The highest BCUT2D eigenvalue weighted by Crippen LogP contribution is 2.32. The summed E-state index contributed by atoms with van der Waals surface area (Å²) in [6, 6.07) is 3.30. The van der Waals surface area contributed by atoms with E-state index in [9.17, 15) is 19.3 Å². The van der Waals surface area contributed by atoms with Crippen molar-refractivity contribution in [1.29, 1.82) is 0 Å². The molecule has 0 radical (unpaired) electrons. The molecule has 19 heavy (non-hydrogen) atoms. The van der Waals surface area contributed by atoms with E-state index in [4.69, 9.17) is 5.11 Å². The Labute approximate surface area is 105 Å². The van der Waals surface area contributed by atoms with E-state index in [-0.39, 0.29) is 22.3 Å². The second-order valence-corrected chi connectivity index (χ2v) is 3.65. The van der Waals surface area contributed by atoms with Gasteiger partial charge in [0, 0.05) is 17.6 Å². The molecular weight excluding hydrogens is 257 g/mol. The van der Waals surface area contributed by atoms with Gasteiger partial charge in [-0.2, -0.15) is 0 Å². The molecule has 8 heteroatoms. The van der Waals surface area contributed by atoms with Gasteiger partial charge in [-0.3, -0.25) is 14.9 Å². The van der Waals surface area contributed by atoms with Crippen molar-refractivity contribution >= 4 is 28.2 Å². The predicted molar refractivity (Wildman–Crippen MR) is 64.5 cm³/mol. The third-order valence-electron chi connectivity index (χ3n) is 2.46. The molecule has 1 aromatic carbocycles. The highest BCUT2D eigenvalue weighted by Gasteiger charge is 2.19. The van der Waals surface area contributed by atoms with Gasteiger partial charge in [0.1, 0.15) is 23.6 Å². The Hall–Kier alpha value is -2.77. The van der Waals surface area contributed by atoms with Gasteiger partial charge in [0.25, 0.3) is 5.69 Å². The lowest BCUT2D eigenvalue weighted by atomic mass is 10.1. The maximum absolute atomic E-state index is 13.6. The fraction of sp³-hybridized carbons (Fsp3) is 0.0909. The lowest BCUT2D eigenvalue weighted by molar-refractivity contribution is -0.383. The second kappa shape index (κ2) is 4.84. The van der Waals surface area contributed by atoms with Crippen LogP contribution in [0.3, 0.4) is 0 Å². The summed E-state index contributed by atoms with van der Waals surface area (Å²) in [5, 5.41) is 21.9. The average Bonchev–Trinajstić information content (AvgIpc) is 2.36. The summed E-state index contributed by atoms with van der Waals surface area (Å²) in [5.41, 5.74) is -0.336. The zero-order chi connectivity index (χ0) is 14.0. The van der Waals surface area contributed by atoms with Gasteiger partial charge in [0.2, 0.25) is 0 Å². The molecule has 0 unspecified atom stereocenters. The van der Waals surface area contributed by atoms with E-state index in [0.29, 0.717) is 0 Å². The molecule has 0 aliphatic rings. The van der Waals surface area contributed by atoms with Gasteiger partial charge in [-0.25, -0.2) is 9.37 Å². The summed E-state index contributed by atoms with van der Waals surface area (Å²) in [6.07, 6.45) is 1.25. The van der Waals surface area contributed by atoms with Gasteiger partial charge >= 0.3 is 5.97 Å². The molecule has 2 N–H and O–H groups in total. The number of pyridine rings is 1. The number of non-ortho nitro benzene ring substituents is 1. The molecule has 7 nitrogen and oxygen atoms in total.